The third kappa shape index (κ3) is 17.3. The number of hydrogen-bond donors (Lipinski definition) is 0. The van der Waals surface area contributed by atoms with Gasteiger partial charge in [-0.15, -0.1) is 0 Å². The first kappa shape index (κ1) is 79.8. The van der Waals surface area contributed by atoms with Crippen molar-refractivity contribution < 1.29 is 0 Å². The van der Waals surface area contributed by atoms with Crippen LogP contribution < -0.4 is 30.5 Å². The van der Waals surface area contributed by atoms with Gasteiger partial charge in [-0.2, -0.15) is 0 Å². The third-order valence-electron chi connectivity index (χ3n) is 17.8. The van der Waals surface area contributed by atoms with Gasteiger partial charge in [-0.3, -0.25) is 0 Å². The van der Waals surface area contributed by atoms with Crippen LogP contribution in [0.15, 0.2) is 156 Å². The van der Waals surface area contributed by atoms with E-state index in [1.807, 2.05) is 0 Å². The highest BCUT2D eigenvalue weighted by molar-refractivity contribution is 6.78. The van der Waals surface area contributed by atoms with Crippen molar-refractivity contribution in [3.8, 4) is 0 Å². The summed E-state index contributed by atoms with van der Waals surface area (Å²) in [5.41, 5.74) is 33.2. The van der Waals surface area contributed by atoms with Crippen molar-refractivity contribution in [2.24, 2.45) is 0 Å². The standard InChI is InChI=1S/2C32H33BN2.6C3H8.4CH4/c1-3-24-26-12-7-5-10-22(26)20-30(24)34-18-16-33-17-19-35(29-15-9-14-28(34)32(29)33)31-21-23-11-6-8-13-27(23)25(31)4-2;1-3-22-20-24-10-5-7-12-26(24)31(22)34-18-16-33-17-19-35(29-15-9-14-28(34)30(29)33)32-23(4-2)21-25-11-6-8-13-27(25)32;6*1-3-2;;;;/h2*5-15H,3-4,16-21H2,1-2H3;6*3H2,1-2H3;4*1H4. The highest BCUT2D eigenvalue weighted by Gasteiger charge is 2.42. The fourth-order valence-electron chi connectivity index (χ4n) is 14.6. The Kier molecular flexibility index (Phi) is 34.7. The lowest BCUT2D eigenvalue weighted by Gasteiger charge is -2.43. The molecule has 4 nitrogen and oxygen atoms in total. The SMILES string of the molecule is C.C.C.C.CCC.CCC.CCC.CCC.CCC.CCC.CCC1=C(N2CCB3CCN(C4=C(CC)Cc5ccccc54)c4cccc2c43)c2ccccc2C1.CCC1=C(N2CCB3CCN(C4=C(CC)c5ccccc5C4)c4cccc2c43)Cc2ccccc21. The fraction of sp³-hybridized carbons (Fsp3) is 0.488. The lowest BCUT2D eigenvalue weighted by atomic mass is 9.37. The second-order valence-corrected chi connectivity index (χ2v) is 25.3. The zero-order valence-corrected chi connectivity index (χ0v) is 58.2. The minimum Gasteiger partial charge on any atom is -0.346 e. The minimum absolute atomic E-state index is 0. The topological polar surface area (TPSA) is 13.0 Å². The summed E-state index contributed by atoms with van der Waals surface area (Å²) in [5.74, 6) is 0. The van der Waals surface area contributed by atoms with Crippen molar-refractivity contribution in [3.05, 3.63) is 201 Å². The molecule has 0 unspecified atom stereocenters. The Morgan fingerprint density at radius 3 is 0.815 bits per heavy atom. The van der Waals surface area contributed by atoms with Crippen LogP contribution in [-0.2, 0) is 25.7 Å². The van der Waals surface area contributed by atoms with Crippen molar-refractivity contribution in [2.75, 3.05) is 45.8 Å². The van der Waals surface area contributed by atoms with Gasteiger partial charge in [0.25, 0.3) is 0 Å². The molecule has 0 amide bonds. The lowest BCUT2D eigenvalue weighted by molar-refractivity contribution is 0.866. The van der Waals surface area contributed by atoms with Crippen LogP contribution >= 0.6 is 0 Å². The highest BCUT2D eigenvalue weighted by Crippen LogP contribution is 2.47. The molecule has 0 saturated carbocycles. The molecule has 92 heavy (non-hydrogen) atoms. The van der Waals surface area contributed by atoms with E-state index in [2.05, 4.69) is 264 Å². The van der Waals surface area contributed by atoms with Gasteiger partial charge in [-0.25, -0.2) is 0 Å². The van der Waals surface area contributed by atoms with Gasteiger partial charge in [-0.05, 0) is 129 Å². The number of rotatable bonds is 8. The van der Waals surface area contributed by atoms with Gasteiger partial charge in [0.2, 0.25) is 0 Å². The Morgan fingerprint density at radius 2 is 0.533 bits per heavy atom. The van der Waals surface area contributed by atoms with Gasteiger partial charge >= 0.3 is 0 Å². The van der Waals surface area contributed by atoms with Gasteiger partial charge < -0.3 is 19.6 Å². The molecule has 6 heteroatoms. The second-order valence-electron chi connectivity index (χ2n) is 25.3. The Morgan fingerprint density at radius 1 is 0.283 bits per heavy atom. The van der Waals surface area contributed by atoms with E-state index in [1.54, 1.807) is 44.6 Å². The Hall–Kier alpha value is -6.39. The molecule has 0 spiro atoms. The Balaban J connectivity index is 0.000000370. The molecule has 0 fully saturated rings. The maximum Gasteiger partial charge on any atom is 0.184 e. The van der Waals surface area contributed by atoms with E-state index in [9.17, 15) is 0 Å². The summed E-state index contributed by atoms with van der Waals surface area (Å²) in [5, 5.41) is 0. The molecular weight excluding hydrogens is 1110 g/mol. The van der Waals surface area contributed by atoms with E-state index in [4.69, 9.17) is 0 Å². The zero-order chi connectivity index (χ0) is 63.3. The molecule has 6 aromatic rings. The number of anilines is 4. The van der Waals surface area contributed by atoms with Gasteiger partial charge in [0, 0.05) is 95.7 Å². The number of nitrogens with zero attached hydrogens (tertiary/aromatic N) is 4. The van der Waals surface area contributed by atoms with Crippen molar-refractivity contribution in [1.82, 2.24) is 0 Å². The molecule has 4 aliphatic heterocycles. The Bertz CT molecular complexity index is 3120. The Labute approximate surface area is 568 Å². The molecule has 4 aliphatic carbocycles. The van der Waals surface area contributed by atoms with Crippen molar-refractivity contribution in [3.63, 3.8) is 0 Å². The van der Waals surface area contributed by atoms with Crippen LogP contribution in [0, 0.1) is 0 Å². The largest absolute Gasteiger partial charge is 0.346 e. The van der Waals surface area contributed by atoms with Crippen LogP contribution in [0.4, 0.5) is 22.7 Å². The first-order valence-corrected chi connectivity index (χ1v) is 35.6. The van der Waals surface area contributed by atoms with Crippen LogP contribution in [0.25, 0.3) is 22.5 Å². The number of fused-ring (bicyclic) bond motifs is 4. The summed E-state index contributed by atoms with van der Waals surface area (Å²) < 4.78 is 0. The number of allylic oxidation sites excluding steroid dienone is 6. The van der Waals surface area contributed by atoms with E-state index in [1.165, 1.54) is 142 Å². The number of hydrogen-bond acceptors (Lipinski definition) is 4. The third-order valence-corrected chi connectivity index (χ3v) is 17.8. The first-order valence-electron chi connectivity index (χ1n) is 35.6. The predicted molar refractivity (Wildman–Crippen MR) is 424 cm³/mol. The van der Waals surface area contributed by atoms with Crippen molar-refractivity contribution in [1.29, 1.82) is 0 Å². The van der Waals surface area contributed by atoms with E-state index in [-0.39, 0.29) is 29.7 Å². The summed E-state index contributed by atoms with van der Waals surface area (Å²) >= 11 is 0. The van der Waals surface area contributed by atoms with Crippen molar-refractivity contribution in [2.45, 2.75) is 256 Å². The molecular formula is C86H130B2N4. The molecule has 8 aliphatic rings. The molecule has 4 heterocycles. The van der Waals surface area contributed by atoms with Crippen molar-refractivity contribution >= 4 is 69.6 Å². The molecule has 6 aromatic carbocycles. The van der Waals surface area contributed by atoms with E-state index in [0.29, 0.717) is 13.4 Å². The predicted octanol–water partition coefficient (Wildman–Crippen LogP) is 24.6. The van der Waals surface area contributed by atoms with Crippen LogP contribution in [0.5, 0.6) is 0 Å². The van der Waals surface area contributed by atoms with Gasteiger partial charge in [0.15, 0.2) is 13.4 Å². The normalized spacial score (nSPS) is 15.1. The van der Waals surface area contributed by atoms with Gasteiger partial charge in [0.05, 0.1) is 0 Å². The van der Waals surface area contributed by atoms with E-state index >= 15 is 0 Å². The summed E-state index contributed by atoms with van der Waals surface area (Å²) in [4.78, 5) is 10.7. The molecule has 0 saturated heterocycles. The summed E-state index contributed by atoms with van der Waals surface area (Å²) in [6, 6.07) is 50.4. The van der Waals surface area contributed by atoms with E-state index < -0.39 is 0 Å². The van der Waals surface area contributed by atoms with E-state index in [0.717, 1.165) is 77.5 Å². The number of benzene rings is 6. The zero-order valence-electron chi connectivity index (χ0n) is 58.2. The first-order chi connectivity index (χ1) is 43.0. The van der Waals surface area contributed by atoms with Crippen LogP contribution in [0.3, 0.4) is 0 Å². The highest BCUT2D eigenvalue weighted by atomic mass is 15.2. The molecule has 500 valence electrons. The average Bonchev–Trinajstić information content (AvgIpc) is 1.22. The molecule has 0 bridgehead atoms. The summed E-state index contributed by atoms with van der Waals surface area (Å²) in [7, 11) is 0. The smallest absolute Gasteiger partial charge is 0.184 e. The van der Waals surface area contributed by atoms with Gasteiger partial charge in [-0.1, -0.05) is 313 Å². The summed E-state index contributed by atoms with van der Waals surface area (Å²) in [6.07, 6.45) is 21.3. The second kappa shape index (κ2) is 40.0. The fourth-order valence-corrected chi connectivity index (χ4v) is 14.6. The molecule has 14 rings (SSSR count). The minimum atomic E-state index is 0. The monoisotopic (exact) mass is 1240 g/mol. The average molecular weight is 1240 g/mol. The molecule has 0 aromatic heterocycles. The molecule has 0 N–H and O–H groups in total. The quantitative estimate of drug-likeness (QED) is 0.141. The van der Waals surface area contributed by atoms with Crippen LogP contribution in [0.1, 0.15) is 249 Å². The summed E-state index contributed by atoms with van der Waals surface area (Å²) in [6.45, 7) is 40.7. The van der Waals surface area contributed by atoms with Crippen LogP contribution in [0.2, 0.25) is 25.3 Å². The lowest BCUT2D eigenvalue weighted by Crippen LogP contribution is -2.51. The maximum absolute atomic E-state index is 2.69. The van der Waals surface area contributed by atoms with Crippen LogP contribution in [-0.4, -0.2) is 39.6 Å². The molecule has 0 atom stereocenters. The maximum atomic E-state index is 2.69. The van der Waals surface area contributed by atoms with Gasteiger partial charge in [0.1, 0.15) is 0 Å². The molecule has 0 radical (unpaired) electrons.